The minimum Gasteiger partial charge on any atom is -0.497 e. The van der Waals surface area contributed by atoms with Crippen LogP contribution in [0.3, 0.4) is 0 Å². The second kappa shape index (κ2) is 14.1. The molecule has 1 aliphatic carbocycles. The third-order valence-electron chi connectivity index (χ3n) is 7.65. The van der Waals surface area contributed by atoms with Gasteiger partial charge in [-0.25, -0.2) is 8.42 Å². The predicted molar refractivity (Wildman–Crippen MR) is 160 cm³/mol. The highest BCUT2D eigenvalue weighted by molar-refractivity contribution is 7.92. The van der Waals surface area contributed by atoms with Gasteiger partial charge in [0.15, 0.2) is 0 Å². The van der Waals surface area contributed by atoms with Gasteiger partial charge in [-0.1, -0.05) is 56.2 Å². The van der Waals surface area contributed by atoms with E-state index in [4.69, 9.17) is 4.74 Å². The van der Waals surface area contributed by atoms with Gasteiger partial charge in [-0.2, -0.15) is 13.2 Å². The first-order valence-electron chi connectivity index (χ1n) is 14.4. The van der Waals surface area contributed by atoms with Gasteiger partial charge in [0.1, 0.15) is 18.3 Å². The predicted octanol–water partition coefficient (Wildman–Crippen LogP) is 5.78. The maximum Gasteiger partial charge on any atom is 0.416 e. The number of hydrogen-bond donors (Lipinski definition) is 1. The molecule has 0 heterocycles. The fourth-order valence-electron chi connectivity index (χ4n) is 5.34. The number of amides is 2. The SMILES string of the molecule is CCC(C(=O)NC1CCCC1)N(Cc1cccc(OC)c1)C(=O)CN(c1cccc(C(F)(F)F)c1)S(=O)(=O)c1ccccc1. The average molecular weight is 632 g/mol. The van der Waals surface area contributed by atoms with Crippen LogP contribution in [0.4, 0.5) is 18.9 Å². The number of benzene rings is 3. The number of carbonyl (C=O) groups excluding carboxylic acids is 2. The van der Waals surface area contributed by atoms with Gasteiger partial charge in [0.2, 0.25) is 11.8 Å². The minimum absolute atomic E-state index is 0.0228. The first-order valence-corrected chi connectivity index (χ1v) is 15.9. The van der Waals surface area contributed by atoms with Crippen molar-refractivity contribution in [2.24, 2.45) is 0 Å². The molecule has 0 radical (unpaired) electrons. The van der Waals surface area contributed by atoms with Crippen LogP contribution in [0.15, 0.2) is 83.8 Å². The van der Waals surface area contributed by atoms with Crippen molar-refractivity contribution in [2.45, 2.75) is 68.7 Å². The molecule has 1 atom stereocenters. The Morgan fingerprint density at radius 3 is 2.30 bits per heavy atom. The van der Waals surface area contributed by atoms with E-state index in [9.17, 15) is 31.2 Å². The Hall–Kier alpha value is -4.06. The summed E-state index contributed by atoms with van der Waals surface area (Å²) in [4.78, 5) is 28.8. The summed E-state index contributed by atoms with van der Waals surface area (Å²) in [6.07, 6.45) is -0.903. The van der Waals surface area contributed by atoms with Crippen molar-refractivity contribution in [3.8, 4) is 5.75 Å². The lowest BCUT2D eigenvalue weighted by molar-refractivity contribution is -0.140. The highest BCUT2D eigenvalue weighted by atomic mass is 32.2. The topological polar surface area (TPSA) is 96.0 Å². The highest BCUT2D eigenvalue weighted by Gasteiger charge is 2.36. The highest BCUT2D eigenvalue weighted by Crippen LogP contribution is 2.33. The van der Waals surface area contributed by atoms with Gasteiger partial charge in [0.25, 0.3) is 10.0 Å². The van der Waals surface area contributed by atoms with Crippen LogP contribution in [0.25, 0.3) is 0 Å². The van der Waals surface area contributed by atoms with Crippen LogP contribution < -0.4 is 14.4 Å². The molecule has 3 aromatic rings. The van der Waals surface area contributed by atoms with E-state index in [1.165, 1.54) is 42.3 Å². The van der Waals surface area contributed by atoms with Crippen LogP contribution in [0, 0.1) is 0 Å². The third kappa shape index (κ3) is 7.90. The smallest absolute Gasteiger partial charge is 0.416 e. The fraction of sp³-hybridized carbons (Fsp3) is 0.375. The second-order valence-corrected chi connectivity index (χ2v) is 12.5. The van der Waals surface area contributed by atoms with E-state index >= 15 is 0 Å². The molecule has 0 aliphatic heterocycles. The molecule has 4 rings (SSSR count). The lowest BCUT2D eigenvalue weighted by Gasteiger charge is -2.34. The van der Waals surface area contributed by atoms with Gasteiger partial charge in [-0.3, -0.25) is 13.9 Å². The normalized spacial score (nSPS) is 14.6. The fourth-order valence-corrected chi connectivity index (χ4v) is 6.77. The first-order chi connectivity index (χ1) is 20.9. The summed E-state index contributed by atoms with van der Waals surface area (Å²) >= 11 is 0. The van der Waals surface area contributed by atoms with Crippen LogP contribution in [0.2, 0.25) is 0 Å². The average Bonchev–Trinajstić information content (AvgIpc) is 3.52. The molecule has 1 unspecified atom stereocenters. The number of methoxy groups -OCH3 is 1. The summed E-state index contributed by atoms with van der Waals surface area (Å²) in [6.45, 7) is 0.847. The molecule has 0 spiro atoms. The van der Waals surface area contributed by atoms with Crippen molar-refractivity contribution >= 4 is 27.5 Å². The van der Waals surface area contributed by atoms with Gasteiger partial charge in [-0.05, 0) is 67.3 Å². The molecule has 0 saturated heterocycles. The quantitative estimate of drug-likeness (QED) is 0.274. The monoisotopic (exact) mass is 631 g/mol. The molecule has 12 heteroatoms. The molecular weight excluding hydrogens is 595 g/mol. The lowest BCUT2D eigenvalue weighted by atomic mass is 10.1. The van der Waals surface area contributed by atoms with Crippen LogP contribution in [-0.4, -0.2) is 50.9 Å². The van der Waals surface area contributed by atoms with Gasteiger partial charge in [0, 0.05) is 12.6 Å². The molecule has 1 N–H and O–H groups in total. The summed E-state index contributed by atoms with van der Waals surface area (Å²) < 4.78 is 74.7. The van der Waals surface area contributed by atoms with Crippen LogP contribution in [0.5, 0.6) is 5.75 Å². The van der Waals surface area contributed by atoms with Crippen molar-refractivity contribution in [1.29, 1.82) is 0 Å². The number of ether oxygens (including phenoxy) is 1. The molecule has 1 fully saturated rings. The Labute approximate surface area is 255 Å². The number of alkyl halides is 3. The maximum atomic E-state index is 14.2. The number of carbonyl (C=O) groups is 2. The Morgan fingerprint density at radius 1 is 0.977 bits per heavy atom. The van der Waals surface area contributed by atoms with E-state index in [0.717, 1.165) is 37.8 Å². The van der Waals surface area contributed by atoms with Crippen LogP contribution in [-0.2, 0) is 32.3 Å². The Balaban J connectivity index is 1.76. The molecule has 44 heavy (non-hydrogen) atoms. The number of nitrogens with one attached hydrogen (secondary N) is 1. The number of halogens is 3. The lowest BCUT2D eigenvalue weighted by Crippen LogP contribution is -2.53. The molecule has 2 amide bonds. The molecule has 0 aromatic heterocycles. The molecule has 1 aliphatic rings. The summed E-state index contributed by atoms with van der Waals surface area (Å²) in [5.74, 6) is -0.596. The maximum absolute atomic E-state index is 14.2. The van der Waals surface area contributed by atoms with Gasteiger partial charge < -0.3 is 15.0 Å². The Kier molecular flexibility index (Phi) is 10.6. The Bertz CT molecular complexity index is 1540. The van der Waals surface area contributed by atoms with Crippen molar-refractivity contribution in [3.63, 3.8) is 0 Å². The van der Waals surface area contributed by atoms with Gasteiger partial charge >= 0.3 is 6.18 Å². The van der Waals surface area contributed by atoms with E-state index in [0.29, 0.717) is 21.7 Å². The standard InChI is InChI=1S/C32H36F3N3O5S/c1-3-29(31(40)36-25-13-7-8-14-25)37(21-23-11-9-16-27(19-23)43-2)30(39)22-38(44(41,42)28-17-5-4-6-18-28)26-15-10-12-24(20-26)32(33,34)35/h4-6,9-12,15-20,25,29H,3,7-8,13-14,21-22H2,1-2H3,(H,36,40). The third-order valence-corrected chi connectivity index (χ3v) is 9.43. The number of sulfonamides is 1. The van der Waals surface area contributed by atoms with Crippen molar-refractivity contribution in [1.82, 2.24) is 10.2 Å². The Morgan fingerprint density at radius 2 is 1.66 bits per heavy atom. The van der Waals surface area contributed by atoms with E-state index in [1.54, 1.807) is 37.3 Å². The van der Waals surface area contributed by atoms with Gasteiger partial charge in [-0.15, -0.1) is 0 Å². The number of nitrogens with zero attached hydrogens (tertiary/aromatic N) is 2. The molecule has 1 saturated carbocycles. The van der Waals surface area contributed by atoms with E-state index in [1.807, 2.05) is 0 Å². The zero-order chi connectivity index (χ0) is 31.9. The number of hydrogen-bond acceptors (Lipinski definition) is 5. The summed E-state index contributed by atoms with van der Waals surface area (Å²) in [6, 6.07) is 16.9. The van der Waals surface area contributed by atoms with E-state index < -0.39 is 40.3 Å². The number of anilines is 1. The van der Waals surface area contributed by atoms with Gasteiger partial charge in [0.05, 0.1) is 23.3 Å². The first kappa shape index (κ1) is 32.8. The van der Waals surface area contributed by atoms with Crippen molar-refractivity contribution in [2.75, 3.05) is 18.0 Å². The summed E-state index contributed by atoms with van der Waals surface area (Å²) in [5.41, 5.74) is -0.769. The van der Waals surface area contributed by atoms with Crippen molar-refractivity contribution < 1.29 is 35.9 Å². The van der Waals surface area contributed by atoms with Crippen LogP contribution in [0.1, 0.15) is 50.2 Å². The second-order valence-electron chi connectivity index (χ2n) is 10.7. The minimum atomic E-state index is -4.74. The molecular formula is C32H36F3N3O5S. The zero-order valence-corrected chi connectivity index (χ0v) is 25.4. The van der Waals surface area contributed by atoms with E-state index in [-0.39, 0.29) is 35.5 Å². The zero-order valence-electron chi connectivity index (χ0n) is 24.6. The molecule has 0 bridgehead atoms. The summed E-state index contributed by atoms with van der Waals surface area (Å²) in [5, 5.41) is 3.02. The molecule has 3 aromatic carbocycles. The summed E-state index contributed by atoms with van der Waals surface area (Å²) in [7, 11) is -3.01. The van der Waals surface area contributed by atoms with Crippen molar-refractivity contribution in [3.05, 3.63) is 90.0 Å². The number of rotatable bonds is 12. The molecule has 8 nitrogen and oxygen atoms in total. The van der Waals surface area contributed by atoms with Crippen LogP contribution >= 0.6 is 0 Å². The molecule has 236 valence electrons. The van der Waals surface area contributed by atoms with E-state index in [2.05, 4.69) is 5.32 Å². The largest absolute Gasteiger partial charge is 0.497 e.